The molecule has 0 rings (SSSR count). The van der Waals surface area contributed by atoms with Crippen molar-refractivity contribution >= 4 is 0 Å². The molecule has 58 valence electrons. The Labute approximate surface area is 63.4 Å². The van der Waals surface area contributed by atoms with Crippen molar-refractivity contribution in [2.75, 3.05) is 6.61 Å². The molecule has 0 bridgehead atoms. The molecule has 0 saturated carbocycles. The van der Waals surface area contributed by atoms with Crippen molar-refractivity contribution < 1.29 is 4.74 Å². The number of hydrogen-bond donors (Lipinski definition) is 0. The normalized spacial score (nSPS) is 10.1. The van der Waals surface area contributed by atoms with Gasteiger partial charge in [0.2, 0.25) is 0 Å². The van der Waals surface area contributed by atoms with Crippen molar-refractivity contribution in [3.63, 3.8) is 0 Å². The van der Waals surface area contributed by atoms with Gasteiger partial charge < -0.3 is 4.74 Å². The summed E-state index contributed by atoms with van der Waals surface area (Å²) < 4.78 is 4.94. The second kappa shape index (κ2) is 8.28. The molecule has 1 heteroatoms. The van der Waals surface area contributed by atoms with E-state index in [0.717, 1.165) is 25.9 Å². The van der Waals surface area contributed by atoms with Crippen molar-refractivity contribution in [2.24, 2.45) is 0 Å². The second-order valence-corrected chi connectivity index (χ2v) is 2.06. The van der Waals surface area contributed by atoms with Crippen LogP contribution in [0.3, 0.4) is 0 Å². The van der Waals surface area contributed by atoms with Crippen LogP contribution in [-0.2, 0) is 4.74 Å². The van der Waals surface area contributed by atoms with E-state index >= 15 is 0 Å². The van der Waals surface area contributed by atoms with Crippen LogP contribution < -0.4 is 0 Å². The highest BCUT2D eigenvalue weighted by Crippen LogP contribution is 1.92. The number of allylic oxidation sites excluding steroid dienone is 2. The summed E-state index contributed by atoms with van der Waals surface area (Å²) in [6.45, 7) is 6.38. The van der Waals surface area contributed by atoms with Gasteiger partial charge in [0.05, 0.1) is 12.9 Å². The topological polar surface area (TPSA) is 9.23 Å². The molecule has 0 aromatic heterocycles. The van der Waals surface area contributed by atoms with Gasteiger partial charge in [0, 0.05) is 0 Å². The lowest BCUT2D eigenvalue weighted by atomic mass is 10.3. The third kappa shape index (κ3) is 7.28. The van der Waals surface area contributed by atoms with Crippen molar-refractivity contribution in [1.29, 1.82) is 0 Å². The smallest absolute Gasteiger partial charge is 0.0875 e. The minimum atomic E-state index is 0.789. The fourth-order valence-corrected chi connectivity index (χ4v) is 0.652. The van der Waals surface area contributed by atoms with E-state index in [1.807, 2.05) is 0 Å². The minimum absolute atomic E-state index is 0.789. The van der Waals surface area contributed by atoms with Gasteiger partial charge in [-0.15, -0.1) is 0 Å². The molecule has 0 spiro atoms. The Morgan fingerprint density at radius 1 is 1.40 bits per heavy atom. The third-order valence-corrected chi connectivity index (χ3v) is 1.15. The maximum Gasteiger partial charge on any atom is 0.0875 e. The molecule has 0 atom stereocenters. The van der Waals surface area contributed by atoms with Crippen LogP contribution in [0.5, 0.6) is 0 Å². The summed E-state index contributed by atoms with van der Waals surface area (Å²) in [7, 11) is 0. The SMILES string of the molecule is C=COCCCC=CCC. The zero-order chi connectivity index (χ0) is 7.66. The summed E-state index contributed by atoms with van der Waals surface area (Å²) >= 11 is 0. The van der Waals surface area contributed by atoms with Gasteiger partial charge in [0.25, 0.3) is 0 Å². The lowest BCUT2D eigenvalue weighted by molar-refractivity contribution is 0.247. The van der Waals surface area contributed by atoms with Crippen molar-refractivity contribution in [3.8, 4) is 0 Å². The van der Waals surface area contributed by atoms with E-state index in [0.29, 0.717) is 0 Å². The highest BCUT2D eigenvalue weighted by molar-refractivity contribution is 4.79. The monoisotopic (exact) mass is 140 g/mol. The van der Waals surface area contributed by atoms with Gasteiger partial charge in [-0.2, -0.15) is 0 Å². The van der Waals surface area contributed by atoms with Gasteiger partial charge in [-0.25, -0.2) is 0 Å². The summed E-state index contributed by atoms with van der Waals surface area (Å²) in [5.41, 5.74) is 0. The predicted octanol–water partition coefficient (Wildman–Crippen LogP) is 2.89. The number of unbranched alkanes of at least 4 members (excludes halogenated alkanes) is 1. The van der Waals surface area contributed by atoms with E-state index in [9.17, 15) is 0 Å². The maximum atomic E-state index is 4.94. The van der Waals surface area contributed by atoms with Crippen LogP contribution in [0, 0.1) is 0 Å². The summed E-state index contributed by atoms with van der Waals surface area (Å²) in [5, 5.41) is 0. The third-order valence-electron chi connectivity index (χ3n) is 1.15. The van der Waals surface area contributed by atoms with E-state index in [1.165, 1.54) is 6.26 Å². The molecule has 0 saturated heterocycles. The quantitative estimate of drug-likeness (QED) is 0.313. The second-order valence-electron chi connectivity index (χ2n) is 2.06. The first kappa shape index (κ1) is 9.28. The summed E-state index contributed by atoms with van der Waals surface area (Å²) in [6.07, 6.45) is 9.18. The zero-order valence-corrected chi connectivity index (χ0v) is 6.68. The maximum absolute atomic E-state index is 4.94. The fraction of sp³-hybridized carbons (Fsp3) is 0.556. The molecular formula is C9H16O. The molecule has 0 aliphatic carbocycles. The first-order chi connectivity index (χ1) is 4.91. The fourth-order valence-electron chi connectivity index (χ4n) is 0.652. The molecular weight excluding hydrogens is 124 g/mol. The standard InChI is InChI=1S/C9H16O/c1-3-5-6-7-8-9-10-4-2/h4-6H,2-3,7-9H2,1H3. The highest BCUT2D eigenvalue weighted by atomic mass is 16.5. The molecule has 0 N–H and O–H groups in total. The van der Waals surface area contributed by atoms with Crippen LogP contribution in [-0.4, -0.2) is 6.61 Å². The molecule has 0 aromatic carbocycles. The van der Waals surface area contributed by atoms with Crippen LogP contribution in [0.15, 0.2) is 25.0 Å². The molecule has 0 aromatic rings. The first-order valence-electron chi connectivity index (χ1n) is 3.79. The lowest BCUT2D eigenvalue weighted by Gasteiger charge is -1.95. The molecule has 0 unspecified atom stereocenters. The van der Waals surface area contributed by atoms with E-state index in [4.69, 9.17) is 4.74 Å². The van der Waals surface area contributed by atoms with Gasteiger partial charge in [0.1, 0.15) is 0 Å². The van der Waals surface area contributed by atoms with Gasteiger partial charge in [0.15, 0.2) is 0 Å². The Hall–Kier alpha value is -0.720. The van der Waals surface area contributed by atoms with E-state index in [1.54, 1.807) is 0 Å². The molecule has 10 heavy (non-hydrogen) atoms. The van der Waals surface area contributed by atoms with Crippen LogP contribution in [0.1, 0.15) is 26.2 Å². The van der Waals surface area contributed by atoms with E-state index < -0.39 is 0 Å². The molecule has 0 amide bonds. The minimum Gasteiger partial charge on any atom is -0.502 e. The average molecular weight is 140 g/mol. The van der Waals surface area contributed by atoms with Gasteiger partial charge in [-0.1, -0.05) is 25.7 Å². The predicted molar refractivity (Wildman–Crippen MR) is 44.8 cm³/mol. The van der Waals surface area contributed by atoms with Gasteiger partial charge in [-0.05, 0) is 19.3 Å². The summed E-state index contributed by atoms with van der Waals surface area (Å²) in [4.78, 5) is 0. The molecule has 1 nitrogen and oxygen atoms in total. The van der Waals surface area contributed by atoms with Gasteiger partial charge >= 0.3 is 0 Å². The largest absolute Gasteiger partial charge is 0.502 e. The lowest BCUT2D eigenvalue weighted by Crippen LogP contribution is -1.84. The Balaban J connectivity index is 2.89. The van der Waals surface area contributed by atoms with Crippen LogP contribution in [0.4, 0.5) is 0 Å². The Morgan fingerprint density at radius 2 is 2.20 bits per heavy atom. The first-order valence-corrected chi connectivity index (χ1v) is 3.79. The molecule has 0 heterocycles. The van der Waals surface area contributed by atoms with Crippen LogP contribution >= 0.6 is 0 Å². The van der Waals surface area contributed by atoms with E-state index in [2.05, 4.69) is 25.7 Å². The number of hydrogen-bond acceptors (Lipinski definition) is 1. The average Bonchev–Trinajstić information content (AvgIpc) is 1.97. The Bertz CT molecular complexity index is 94.9. The summed E-state index contributed by atoms with van der Waals surface area (Å²) in [5.74, 6) is 0. The van der Waals surface area contributed by atoms with E-state index in [-0.39, 0.29) is 0 Å². The number of rotatable bonds is 6. The Morgan fingerprint density at radius 3 is 2.80 bits per heavy atom. The van der Waals surface area contributed by atoms with Crippen LogP contribution in [0.25, 0.3) is 0 Å². The Kier molecular flexibility index (Phi) is 7.68. The molecule has 0 aliphatic rings. The van der Waals surface area contributed by atoms with Crippen molar-refractivity contribution in [3.05, 3.63) is 25.0 Å². The highest BCUT2D eigenvalue weighted by Gasteiger charge is 1.80. The van der Waals surface area contributed by atoms with Crippen molar-refractivity contribution in [2.45, 2.75) is 26.2 Å². The van der Waals surface area contributed by atoms with Crippen molar-refractivity contribution in [1.82, 2.24) is 0 Å². The molecule has 0 fully saturated rings. The molecule has 0 aliphatic heterocycles. The molecule has 0 radical (unpaired) electrons. The summed E-state index contributed by atoms with van der Waals surface area (Å²) in [6, 6.07) is 0. The number of ether oxygens (including phenoxy) is 1. The zero-order valence-electron chi connectivity index (χ0n) is 6.68. The van der Waals surface area contributed by atoms with Gasteiger partial charge in [-0.3, -0.25) is 0 Å². The van der Waals surface area contributed by atoms with Crippen LogP contribution in [0.2, 0.25) is 0 Å².